The van der Waals surface area contributed by atoms with Gasteiger partial charge in [-0.25, -0.2) is 18.1 Å². The molecule has 7 nitrogen and oxygen atoms in total. The molecule has 2 heterocycles. The van der Waals surface area contributed by atoms with E-state index in [1.165, 1.54) is 6.26 Å². The van der Waals surface area contributed by atoms with E-state index < -0.39 is 10.0 Å². The van der Waals surface area contributed by atoms with Gasteiger partial charge in [0.2, 0.25) is 15.8 Å². The van der Waals surface area contributed by atoms with Crippen LogP contribution in [-0.2, 0) is 22.0 Å². The van der Waals surface area contributed by atoms with E-state index in [0.717, 1.165) is 5.56 Å². The van der Waals surface area contributed by atoms with Gasteiger partial charge in [0, 0.05) is 0 Å². The molecule has 138 valence electrons. The minimum absolute atomic E-state index is 0.00915. The molecule has 26 heavy (non-hydrogen) atoms. The summed E-state index contributed by atoms with van der Waals surface area (Å²) in [4.78, 5) is 4.52. The highest BCUT2D eigenvalue weighted by Gasteiger charge is 2.22. The van der Waals surface area contributed by atoms with E-state index in [2.05, 4.69) is 19.9 Å². The van der Waals surface area contributed by atoms with Crippen LogP contribution in [0.15, 0.2) is 45.9 Å². The van der Waals surface area contributed by atoms with Crippen molar-refractivity contribution in [3.8, 4) is 11.6 Å². The van der Waals surface area contributed by atoms with Gasteiger partial charge in [-0.15, -0.1) is 5.10 Å². The maximum atomic E-state index is 12.7. The van der Waals surface area contributed by atoms with Crippen molar-refractivity contribution in [3.05, 3.63) is 53.5 Å². The van der Waals surface area contributed by atoms with Crippen LogP contribution in [-0.4, -0.2) is 23.6 Å². The smallest absolute Gasteiger partial charge is 0.241 e. The Bertz CT molecular complexity index is 999. The first kappa shape index (κ1) is 18.3. The lowest BCUT2D eigenvalue weighted by Gasteiger charge is -2.20. The number of H-pyrrole nitrogens is 1. The van der Waals surface area contributed by atoms with Crippen molar-refractivity contribution in [1.29, 1.82) is 0 Å². The Labute approximate surface area is 152 Å². The monoisotopic (exact) mass is 374 g/mol. The number of aromatic amines is 1. The maximum Gasteiger partial charge on any atom is 0.241 e. The molecule has 0 fully saturated rings. The SMILES string of the molecule is Cc1ccc(C(C)(C)C)cc1S(=O)(=O)NCc1nc(-c2ccco2)n[nH]1. The van der Waals surface area contributed by atoms with Crippen LogP contribution < -0.4 is 4.72 Å². The Balaban J connectivity index is 1.79. The van der Waals surface area contributed by atoms with Gasteiger partial charge in [0.25, 0.3) is 0 Å². The summed E-state index contributed by atoms with van der Waals surface area (Å²) in [5.41, 5.74) is 1.52. The van der Waals surface area contributed by atoms with E-state index in [-0.39, 0.29) is 16.9 Å². The number of rotatable bonds is 5. The molecule has 0 amide bonds. The summed E-state index contributed by atoms with van der Waals surface area (Å²) in [5, 5.41) is 6.75. The first-order chi connectivity index (χ1) is 12.2. The number of aryl methyl sites for hydroxylation is 1. The maximum absolute atomic E-state index is 12.7. The summed E-state index contributed by atoms with van der Waals surface area (Å²) in [7, 11) is -3.68. The normalized spacial score (nSPS) is 12.5. The van der Waals surface area contributed by atoms with Gasteiger partial charge in [0.1, 0.15) is 5.82 Å². The van der Waals surface area contributed by atoms with Gasteiger partial charge in [0.05, 0.1) is 17.7 Å². The zero-order valence-electron chi connectivity index (χ0n) is 15.2. The average molecular weight is 374 g/mol. The predicted octanol–water partition coefficient (Wildman–Crippen LogP) is 3.15. The molecule has 2 aromatic heterocycles. The van der Waals surface area contributed by atoms with E-state index in [1.54, 1.807) is 25.1 Å². The van der Waals surface area contributed by atoms with Crippen LogP contribution in [0.25, 0.3) is 11.6 Å². The zero-order chi connectivity index (χ0) is 18.9. The number of nitrogens with one attached hydrogen (secondary N) is 2. The van der Waals surface area contributed by atoms with E-state index in [1.807, 2.05) is 32.9 Å². The Morgan fingerprint density at radius 1 is 1.23 bits per heavy atom. The van der Waals surface area contributed by atoms with Crippen molar-refractivity contribution in [1.82, 2.24) is 19.9 Å². The lowest BCUT2D eigenvalue weighted by Crippen LogP contribution is -2.25. The Morgan fingerprint density at radius 3 is 2.65 bits per heavy atom. The Hall–Kier alpha value is -2.45. The number of aromatic nitrogens is 3. The zero-order valence-corrected chi connectivity index (χ0v) is 16.0. The topological polar surface area (TPSA) is 101 Å². The molecule has 3 rings (SSSR count). The fourth-order valence-electron chi connectivity index (χ4n) is 2.49. The predicted molar refractivity (Wildman–Crippen MR) is 98.0 cm³/mol. The average Bonchev–Trinajstić information content (AvgIpc) is 3.23. The standard InChI is InChI=1S/C18H22N4O3S/c1-12-7-8-13(18(2,3)4)10-15(12)26(23,24)19-11-16-20-17(22-21-16)14-6-5-9-25-14/h5-10,19H,11H2,1-4H3,(H,20,21,22). The molecule has 0 unspecified atom stereocenters. The van der Waals surface area contributed by atoms with Gasteiger partial charge in [-0.2, -0.15) is 0 Å². The highest BCUT2D eigenvalue weighted by Crippen LogP contribution is 2.26. The number of hydrogen-bond donors (Lipinski definition) is 2. The number of furan rings is 1. The van der Waals surface area contributed by atoms with Crippen LogP contribution in [0, 0.1) is 6.92 Å². The first-order valence-electron chi connectivity index (χ1n) is 8.23. The molecule has 0 saturated heterocycles. The van der Waals surface area contributed by atoms with Crippen LogP contribution in [0.2, 0.25) is 0 Å². The van der Waals surface area contributed by atoms with E-state index in [4.69, 9.17) is 4.42 Å². The van der Waals surface area contributed by atoms with E-state index in [0.29, 0.717) is 23.0 Å². The van der Waals surface area contributed by atoms with Crippen molar-refractivity contribution in [2.24, 2.45) is 0 Å². The third kappa shape index (κ3) is 3.86. The molecule has 8 heteroatoms. The largest absolute Gasteiger partial charge is 0.461 e. The number of sulfonamides is 1. The Morgan fingerprint density at radius 2 is 2.00 bits per heavy atom. The molecule has 3 aromatic rings. The van der Waals surface area contributed by atoms with Crippen LogP contribution in [0.4, 0.5) is 0 Å². The van der Waals surface area contributed by atoms with Crippen molar-refractivity contribution in [3.63, 3.8) is 0 Å². The molecule has 0 saturated carbocycles. The fourth-order valence-corrected chi connectivity index (χ4v) is 3.74. The van der Waals surface area contributed by atoms with E-state index >= 15 is 0 Å². The molecular weight excluding hydrogens is 352 g/mol. The van der Waals surface area contributed by atoms with Crippen molar-refractivity contribution < 1.29 is 12.8 Å². The van der Waals surface area contributed by atoms with Gasteiger partial charge in [-0.3, -0.25) is 5.10 Å². The molecule has 0 aliphatic heterocycles. The number of hydrogen-bond acceptors (Lipinski definition) is 5. The quantitative estimate of drug-likeness (QED) is 0.714. The molecule has 0 aliphatic carbocycles. The molecule has 0 bridgehead atoms. The van der Waals surface area contributed by atoms with Crippen LogP contribution in [0.1, 0.15) is 37.7 Å². The molecule has 2 N–H and O–H groups in total. The third-order valence-corrected chi connectivity index (χ3v) is 5.59. The molecule has 0 spiro atoms. The summed E-state index contributed by atoms with van der Waals surface area (Å²) in [6.07, 6.45) is 1.53. The van der Waals surface area contributed by atoms with E-state index in [9.17, 15) is 8.42 Å². The molecule has 0 radical (unpaired) electrons. The van der Waals surface area contributed by atoms with Gasteiger partial charge < -0.3 is 4.42 Å². The summed E-state index contributed by atoms with van der Waals surface area (Å²) in [6, 6.07) is 8.99. The number of benzene rings is 1. The highest BCUT2D eigenvalue weighted by atomic mass is 32.2. The van der Waals surface area contributed by atoms with Gasteiger partial charge in [-0.05, 0) is 41.7 Å². The minimum atomic E-state index is -3.68. The summed E-state index contributed by atoms with van der Waals surface area (Å²) in [5.74, 6) is 1.31. The van der Waals surface area contributed by atoms with Crippen molar-refractivity contribution >= 4 is 10.0 Å². The van der Waals surface area contributed by atoms with Crippen LogP contribution in [0.3, 0.4) is 0 Å². The van der Waals surface area contributed by atoms with Gasteiger partial charge in [0.15, 0.2) is 5.76 Å². The van der Waals surface area contributed by atoms with Gasteiger partial charge >= 0.3 is 0 Å². The number of nitrogens with zero attached hydrogens (tertiary/aromatic N) is 2. The second kappa shape index (κ2) is 6.69. The second-order valence-electron chi connectivity index (χ2n) is 7.14. The third-order valence-electron chi connectivity index (χ3n) is 4.05. The summed E-state index contributed by atoms with van der Waals surface area (Å²) in [6.45, 7) is 7.93. The van der Waals surface area contributed by atoms with Crippen molar-refractivity contribution in [2.45, 2.75) is 44.6 Å². The second-order valence-corrected chi connectivity index (χ2v) is 8.87. The highest BCUT2D eigenvalue weighted by molar-refractivity contribution is 7.89. The Kier molecular flexibility index (Phi) is 4.72. The summed E-state index contributed by atoms with van der Waals surface area (Å²) < 4.78 is 33.3. The van der Waals surface area contributed by atoms with Crippen LogP contribution in [0.5, 0.6) is 0 Å². The molecule has 0 atom stereocenters. The fraction of sp³-hybridized carbons (Fsp3) is 0.333. The molecule has 0 aliphatic rings. The lowest BCUT2D eigenvalue weighted by molar-refractivity contribution is 0.573. The summed E-state index contributed by atoms with van der Waals surface area (Å²) >= 11 is 0. The first-order valence-corrected chi connectivity index (χ1v) is 9.71. The van der Waals surface area contributed by atoms with Crippen LogP contribution >= 0.6 is 0 Å². The van der Waals surface area contributed by atoms with Crippen molar-refractivity contribution in [2.75, 3.05) is 0 Å². The van der Waals surface area contributed by atoms with Gasteiger partial charge in [-0.1, -0.05) is 32.9 Å². The lowest BCUT2D eigenvalue weighted by atomic mass is 9.87. The minimum Gasteiger partial charge on any atom is -0.461 e. The molecular formula is C18H22N4O3S. The molecule has 1 aromatic carbocycles.